The molecule has 0 saturated carbocycles. The highest BCUT2D eigenvalue weighted by Crippen LogP contribution is 2.18. The highest BCUT2D eigenvalue weighted by molar-refractivity contribution is 5.24. The van der Waals surface area contributed by atoms with Gasteiger partial charge in [0.15, 0.2) is 11.6 Å². The van der Waals surface area contributed by atoms with Gasteiger partial charge in [0, 0.05) is 0 Å². The van der Waals surface area contributed by atoms with Gasteiger partial charge in [-0.15, -0.1) is 0 Å². The predicted octanol–water partition coefficient (Wildman–Crippen LogP) is 2.31. The second kappa shape index (κ2) is 3.99. The van der Waals surface area contributed by atoms with Crippen molar-refractivity contribution >= 4 is 0 Å². The Balaban J connectivity index is 2.78. The van der Waals surface area contributed by atoms with Gasteiger partial charge >= 0.3 is 0 Å². The maximum absolute atomic E-state index is 12.7. The molecule has 1 rings (SSSR count). The van der Waals surface area contributed by atoms with E-state index in [1.54, 1.807) is 0 Å². The molecule has 0 aliphatic rings. The molecule has 0 fully saturated rings. The summed E-state index contributed by atoms with van der Waals surface area (Å²) >= 11 is 0. The van der Waals surface area contributed by atoms with Crippen LogP contribution in [0.5, 0.6) is 5.75 Å². The van der Waals surface area contributed by atoms with Crippen LogP contribution in [0.3, 0.4) is 0 Å². The average molecular weight is 176 g/mol. The summed E-state index contributed by atoms with van der Waals surface area (Å²) in [5, 5.41) is 0. The number of halogens is 3. The zero-order chi connectivity index (χ0) is 8.97. The Morgan fingerprint density at radius 2 is 2.00 bits per heavy atom. The van der Waals surface area contributed by atoms with Crippen molar-refractivity contribution in [2.24, 2.45) is 0 Å². The van der Waals surface area contributed by atoms with Crippen molar-refractivity contribution in [3.05, 3.63) is 29.8 Å². The van der Waals surface area contributed by atoms with Crippen molar-refractivity contribution in [2.75, 3.05) is 13.3 Å². The van der Waals surface area contributed by atoms with Crippen molar-refractivity contribution < 1.29 is 17.9 Å². The molecule has 0 spiro atoms. The van der Waals surface area contributed by atoms with E-state index in [1.807, 2.05) is 0 Å². The number of hydrogen-bond donors (Lipinski definition) is 0. The van der Waals surface area contributed by atoms with Crippen LogP contribution in [0.1, 0.15) is 0 Å². The standard InChI is InChI=1S/C8H7F3O/c9-4-5-12-7-3-1-2-6(10)8(7)11/h1-3H,4-5H2. The zero-order valence-corrected chi connectivity index (χ0v) is 6.19. The fourth-order valence-electron chi connectivity index (χ4n) is 0.744. The van der Waals surface area contributed by atoms with Crippen LogP contribution in [0.2, 0.25) is 0 Å². The third-order valence-corrected chi connectivity index (χ3v) is 1.25. The van der Waals surface area contributed by atoms with Gasteiger partial charge in [-0.05, 0) is 12.1 Å². The molecular formula is C8H7F3O. The minimum atomic E-state index is -1.08. The fourth-order valence-corrected chi connectivity index (χ4v) is 0.744. The summed E-state index contributed by atoms with van der Waals surface area (Å²) in [6.07, 6.45) is 0. The molecule has 1 aromatic rings. The molecule has 0 unspecified atom stereocenters. The number of ether oxygens (including phenoxy) is 1. The average Bonchev–Trinajstić information content (AvgIpc) is 2.08. The van der Waals surface area contributed by atoms with Crippen LogP contribution in [0.15, 0.2) is 18.2 Å². The molecule has 12 heavy (non-hydrogen) atoms. The molecule has 0 amide bonds. The second-order valence-corrected chi connectivity index (χ2v) is 2.09. The first-order valence-electron chi connectivity index (χ1n) is 3.38. The Bertz CT molecular complexity index is 262. The van der Waals surface area contributed by atoms with E-state index < -0.39 is 18.3 Å². The molecule has 1 aromatic carbocycles. The van der Waals surface area contributed by atoms with Gasteiger partial charge in [-0.25, -0.2) is 8.78 Å². The van der Waals surface area contributed by atoms with Crippen molar-refractivity contribution in [2.45, 2.75) is 0 Å². The van der Waals surface area contributed by atoms with Gasteiger partial charge in [-0.1, -0.05) is 6.07 Å². The molecule has 4 heteroatoms. The monoisotopic (exact) mass is 176 g/mol. The zero-order valence-electron chi connectivity index (χ0n) is 6.19. The van der Waals surface area contributed by atoms with Crippen LogP contribution in [-0.4, -0.2) is 13.3 Å². The number of alkyl halides is 1. The minimum absolute atomic E-state index is 0.257. The third kappa shape index (κ3) is 1.90. The van der Waals surface area contributed by atoms with Gasteiger partial charge < -0.3 is 4.74 Å². The first-order chi connectivity index (χ1) is 5.75. The van der Waals surface area contributed by atoms with E-state index in [9.17, 15) is 13.2 Å². The Labute approximate surface area is 67.8 Å². The number of rotatable bonds is 3. The lowest BCUT2D eigenvalue weighted by molar-refractivity contribution is 0.259. The lowest BCUT2D eigenvalue weighted by atomic mass is 10.3. The Morgan fingerprint density at radius 1 is 1.25 bits per heavy atom. The molecule has 0 N–H and O–H groups in total. The highest BCUT2D eigenvalue weighted by Gasteiger charge is 2.07. The number of benzene rings is 1. The summed E-state index contributed by atoms with van der Waals surface area (Å²) in [5.74, 6) is -2.33. The van der Waals surface area contributed by atoms with Crippen LogP contribution in [0.4, 0.5) is 13.2 Å². The molecular weight excluding hydrogens is 169 g/mol. The van der Waals surface area contributed by atoms with Crippen molar-refractivity contribution in [3.63, 3.8) is 0 Å². The third-order valence-electron chi connectivity index (χ3n) is 1.25. The first kappa shape index (κ1) is 8.90. The first-order valence-corrected chi connectivity index (χ1v) is 3.38. The van der Waals surface area contributed by atoms with E-state index in [-0.39, 0.29) is 12.4 Å². The Hall–Kier alpha value is -1.19. The molecule has 1 nitrogen and oxygen atoms in total. The summed E-state index contributed by atoms with van der Waals surface area (Å²) < 4.78 is 41.3. The smallest absolute Gasteiger partial charge is 0.200 e. The lowest BCUT2D eigenvalue weighted by Crippen LogP contribution is -2.01. The van der Waals surface area contributed by atoms with Crippen LogP contribution in [0, 0.1) is 11.6 Å². The molecule has 0 bridgehead atoms. The molecule has 0 aromatic heterocycles. The molecule has 0 heterocycles. The number of hydrogen-bond acceptors (Lipinski definition) is 1. The van der Waals surface area contributed by atoms with E-state index >= 15 is 0 Å². The summed E-state index contributed by atoms with van der Waals surface area (Å²) in [4.78, 5) is 0. The molecule has 0 radical (unpaired) electrons. The highest BCUT2D eigenvalue weighted by atomic mass is 19.2. The fraction of sp³-hybridized carbons (Fsp3) is 0.250. The topological polar surface area (TPSA) is 9.23 Å². The molecule has 66 valence electrons. The quantitative estimate of drug-likeness (QED) is 0.686. The predicted molar refractivity (Wildman–Crippen MR) is 37.8 cm³/mol. The Kier molecular flexibility index (Phi) is 2.96. The van der Waals surface area contributed by atoms with Crippen molar-refractivity contribution in [1.82, 2.24) is 0 Å². The van der Waals surface area contributed by atoms with Crippen LogP contribution < -0.4 is 4.74 Å². The van der Waals surface area contributed by atoms with E-state index in [0.29, 0.717) is 0 Å². The summed E-state index contributed by atoms with van der Waals surface area (Å²) in [5.41, 5.74) is 0. The van der Waals surface area contributed by atoms with Crippen LogP contribution >= 0.6 is 0 Å². The molecule has 0 saturated heterocycles. The summed E-state index contributed by atoms with van der Waals surface area (Å²) in [6, 6.07) is 3.51. The largest absolute Gasteiger partial charge is 0.488 e. The van der Waals surface area contributed by atoms with Gasteiger partial charge in [0.05, 0.1) is 0 Å². The normalized spacial score (nSPS) is 9.92. The van der Waals surface area contributed by atoms with Crippen LogP contribution in [0.25, 0.3) is 0 Å². The molecule has 0 aliphatic carbocycles. The van der Waals surface area contributed by atoms with Gasteiger partial charge in [0.1, 0.15) is 13.3 Å². The maximum Gasteiger partial charge on any atom is 0.200 e. The van der Waals surface area contributed by atoms with E-state index in [4.69, 9.17) is 0 Å². The van der Waals surface area contributed by atoms with Crippen molar-refractivity contribution in [3.8, 4) is 5.75 Å². The van der Waals surface area contributed by atoms with Gasteiger partial charge in [-0.2, -0.15) is 4.39 Å². The van der Waals surface area contributed by atoms with Crippen LogP contribution in [-0.2, 0) is 0 Å². The van der Waals surface area contributed by atoms with E-state index in [2.05, 4.69) is 4.74 Å². The van der Waals surface area contributed by atoms with Crippen molar-refractivity contribution in [1.29, 1.82) is 0 Å². The lowest BCUT2D eigenvalue weighted by Gasteiger charge is -2.04. The van der Waals surface area contributed by atoms with Gasteiger partial charge in [0.2, 0.25) is 5.82 Å². The summed E-state index contributed by atoms with van der Waals surface area (Å²) in [6.45, 7) is -0.990. The van der Waals surface area contributed by atoms with Gasteiger partial charge in [-0.3, -0.25) is 0 Å². The maximum atomic E-state index is 12.7. The minimum Gasteiger partial charge on any atom is -0.488 e. The van der Waals surface area contributed by atoms with Gasteiger partial charge in [0.25, 0.3) is 0 Å². The second-order valence-electron chi connectivity index (χ2n) is 2.09. The molecule has 0 aliphatic heterocycles. The molecule has 0 atom stereocenters. The van der Waals surface area contributed by atoms with E-state index in [1.165, 1.54) is 12.1 Å². The SMILES string of the molecule is FCCOc1cccc(F)c1F. The summed E-state index contributed by atoms with van der Waals surface area (Å²) in [7, 11) is 0. The van der Waals surface area contributed by atoms with E-state index in [0.717, 1.165) is 6.07 Å². The Morgan fingerprint density at radius 3 is 2.67 bits per heavy atom.